The summed E-state index contributed by atoms with van der Waals surface area (Å²) in [4.78, 5) is 24.2. The standard InChI is InChI=1S/C10H17NO3/c1-7(10(13)14-3)6-11(2)9(12)8-4-5-8/h7-8H,4-6H2,1-3H3. The van der Waals surface area contributed by atoms with Gasteiger partial charge in [0.15, 0.2) is 0 Å². The summed E-state index contributed by atoms with van der Waals surface area (Å²) in [5.41, 5.74) is 0. The van der Waals surface area contributed by atoms with Gasteiger partial charge < -0.3 is 9.64 Å². The Morgan fingerprint density at radius 1 is 1.50 bits per heavy atom. The summed E-state index contributed by atoms with van der Waals surface area (Å²) < 4.78 is 4.59. The predicted octanol–water partition coefficient (Wildman–Crippen LogP) is 0.664. The van der Waals surface area contributed by atoms with Gasteiger partial charge in [0, 0.05) is 19.5 Å². The minimum atomic E-state index is -0.263. The molecule has 0 aliphatic heterocycles. The van der Waals surface area contributed by atoms with Crippen LogP contribution in [0.25, 0.3) is 0 Å². The summed E-state index contributed by atoms with van der Waals surface area (Å²) in [5, 5.41) is 0. The SMILES string of the molecule is COC(=O)C(C)CN(C)C(=O)C1CC1. The van der Waals surface area contributed by atoms with Crippen molar-refractivity contribution in [2.75, 3.05) is 20.7 Å². The van der Waals surface area contributed by atoms with E-state index in [9.17, 15) is 9.59 Å². The van der Waals surface area contributed by atoms with E-state index < -0.39 is 0 Å². The summed E-state index contributed by atoms with van der Waals surface area (Å²) in [6.45, 7) is 2.21. The molecule has 4 nitrogen and oxygen atoms in total. The van der Waals surface area contributed by atoms with E-state index in [4.69, 9.17) is 0 Å². The Morgan fingerprint density at radius 2 is 2.07 bits per heavy atom. The molecule has 1 aliphatic rings. The molecule has 0 N–H and O–H groups in total. The van der Waals surface area contributed by atoms with E-state index in [1.807, 2.05) is 0 Å². The molecule has 1 unspecified atom stereocenters. The third-order valence-corrected chi connectivity index (χ3v) is 2.45. The maximum atomic E-state index is 11.5. The topological polar surface area (TPSA) is 46.6 Å². The molecule has 0 saturated heterocycles. The van der Waals surface area contributed by atoms with Gasteiger partial charge in [0.1, 0.15) is 0 Å². The van der Waals surface area contributed by atoms with Gasteiger partial charge in [-0.1, -0.05) is 6.92 Å². The van der Waals surface area contributed by atoms with Crippen LogP contribution in [0.4, 0.5) is 0 Å². The van der Waals surface area contributed by atoms with Gasteiger partial charge >= 0.3 is 5.97 Å². The lowest BCUT2D eigenvalue weighted by Gasteiger charge is -2.19. The maximum absolute atomic E-state index is 11.5. The van der Waals surface area contributed by atoms with Crippen LogP contribution in [0.3, 0.4) is 0 Å². The van der Waals surface area contributed by atoms with E-state index in [2.05, 4.69) is 4.74 Å². The van der Waals surface area contributed by atoms with E-state index in [0.29, 0.717) is 6.54 Å². The van der Waals surface area contributed by atoms with Crippen LogP contribution in [-0.4, -0.2) is 37.5 Å². The molecule has 1 amide bonds. The van der Waals surface area contributed by atoms with E-state index >= 15 is 0 Å². The Balaban J connectivity index is 2.34. The highest BCUT2D eigenvalue weighted by Crippen LogP contribution is 2.30. The monoisotopic (exact) mass is 199 g/mol. The second-order valence-electron chi connectivity index (χ2n) is 3.92. The lowest BCUT2D eigenvalue weighted by Crippen LogP contribution is -2.35. The maximum Gasteiger partial charge on any atom is 0.310 e. The van der Waals surface area contributed by atoms with Crippen molar-refractivity contribution in [2.24, 2.45) is 11.8 Å². The molecular weight excluding hydrogens is 182 g/mol. The van der Waals surface area contributed by atoms with Gasteiger partial charge in [0.05, 0.1) is 13.0 Å². The van der Waals surface area contributed by atoms with E-state index in [0.717, 1.165) is 12.8 Å². The minimum absolute atomic E-state index is 0.153. The first-order valence-electron chi connectivity index (χ1n) is 4.89. The number of ether oxygens (including phenoxy) is 1. The largest absolute Gasteiger partial charge is 0.469 e. The Kier molecular flexibility index (Phi) is 3.49. The van der Waals surface area contributed by atoms with Crippen LogP contribution < -0.4 is 0 Å². The lowest BCUT2D eigenvalue weighted by molar-refractivity contribution is -0.146. The molecule has 0 aromatic rings. The lowest BCUT2D eigenvalue weighted by atomic mass is 10.1. The second-order valence-corrected chi connectivity index (χ2v) is 3.92. The number of rotatable bonds is 4. The first-order valence-corrected chi connectivity index (χ1v) is 4.89. The van der Waals surface area contributed by atoms with E-state index in [1.165, 1.54) is 7.11 Å². The van der Waals surface area contributed by atoms with Crippen LogP contribution in [0.15, 0.2) is 0 Å². The summed E-state index contributed by atoms with van der Waals surface area (Å²) in [6, 6.07) is 0. The van der Waals surface area contributed by atoms with E-state index in [1.54, 1.807) is 18.9 Å². The van der Waals surface area contributed by atoms with Gasteiger partial charge in [0.25, 0.3) is 0 Å². The Bertz CT molecular complexity index is 236. The normalized spacial score (nSPS) is 17.4. The summed E-state index contributed by atoms with van der Waals surface area (Å²) >= 11 is 0. The fraction of sp³-hybridized carbons (Fsp3) is 0.800. The van der Waals surface area contributed by atoms with Gasteiger partial charge in [-0.15, -0.1) is 0 Å². The summed E-state index contributed by atoms with van der Waals surface area (Å²) in [7, 11) is 3.10. The Labute approximate surface area is 84.2 Å². The van der Waals surface area contributed by atoms with Gasteiger partial charge in [-0.2, -0.15) is 0 Å². The van der Waals surface area contributed by atoms with Gasteiger partial charge in [-0.25, -0.2) is 0 Å². The molecule has 1 saturated carbocycles. The van der Waals surface area contributed by atoms with Crippen LogP contribution in [0.2, 0.25) is 0 Å². The number of nitrogens with zero attached hydrogens (tertiary/aromatic N) is 1. The summed E-state index contributed by atoms with van der Waals surface area (Å²) in [6.07, 6.45) is 1.99. The molecular formula is C10H17NO3. The molecule has 0 radical (unpaired) electrons. The van der Waals surface area contributed by atoms with Crippen molar-refractivity contribution in [3.8, 4) is 0 Å². The number of hydrogen-bond donors (Lipinski definition) is 0. The van der Waals surface area contributed by atoms with Crippen LogP contribution in [-0.2, 0) is 14.3 Å². The number of amides is 1. The average Bonchev–Trinajstić information content (AvgIpc) is 2.98. The molecule has 0 aromatic heterocycles. The zero-order valence-electron chi connectivity index (χ0n) is 8.95. The van der Waals surface area contributed by atoms with Gasteiger partial charge in [-0.05, 0) is 12.8 Å². The molecule has 0 aromatic carbocycles. The molecule has 1 rings (SSSR count). The Morgan fingerprint density at radius 3 is 2.50 bits per heavy atom. The number of methoxy groups -OCH3 is 1. The highest BCUT2D eigenvalue weighted by atomic mass is 16.5. The van der Waals surface area contributed by atoms with Crippen molar-refractivity contribution in [1.29, 1.82) is 0 Å². The Hall–Kier alpha value is -1.06. The molecule has 80 valence electrons. The molecule has 14 heavy (non-hydrogen) atoms. The van der Waals surface area contributed by atoms with Crippen molar-refractivity contribution >= 4 is 11.9 Å². The van der Waals surface area contributed by atoms with Crippen LogP contribution in [0.5, 0.6) is 0 Å². The minimum Gasteiger partial charge on any atom is -0.469 e. The van der Waals surface area contributed by atoms with E-state index in [-0.39, 0.29) is 23.7 Å². The van der Waals surface area contributed by atoms with Crippen LogP contribution >= 0.6 is 0 Å². The predicted molar refractivity (Wildman–Crippen MR) is 51.5 cm³/mol. The molecule has 1 fully saturated rings. The molecule has 0 bridgehead atoms. The van der Waals surface area contributed by atoms with Crippen molar-refractivity contribution in [1.82, 2.24) is 4.90 Å². The van der Waals surface area contributed by atoms with Crippen molar-refractivity contribution in [3.63, 3.8) is 0 Å². The molecule has 1 atom stereocenters. The van der Waals surface area contributed by atoms with Crippen molar-refractivity contribution < 1.29 is 14.3 Å². The number of carbonyl (C=O) groups is 2. The average molecular weight is 199 g/mol. The van der Waals surface area contributed by atoms with Crippen molar-refractivity contribution in [2.45, 2.75) is 19.8 Å². The quantitative estimate of drug-likeness (QED) is 0.625. The zero-order valence-corrected chi connectivity index (χ0v) is 8.95. The first-order chi connectivity index (χ1) is 6.56. The fourth-order valence-corrected chi connectivity index (χ4v) is 1.42. The third-order valence-electron chi connectivity index (χ3n) is 2.45. The molecule has 4 heteroatoms. The molecule has 1 aliphatic carbocycles. The number of hydrogen-bond acceptors (Lipinski definition) is 3. The zero-order chi connectivity index (χ0) is 10.7. The van der Waals surface area contributed by atoms with Crippen LogP contribution in [0.1, 0.15) is 19.8 Å². The summed E-state index contributed by atoms with van der Waals surface area (Å²) in [5.74, 6) is -0.140. The van der Waals surface area contributed by atoms with Crippen LogP contribution in [0, 0.1) is 11.8 Å². The molecule has 0 heterocycles. The van der Waals surface area contributed by atoms with Gasteiger partial charge in [-0.3, -0.25) is 9.59 Å². The van der Waals surface area contributed by atoms with Gasteiger partial charge in [0.2, 0.25) is 5.91 Å². The fourth-order valence-electron chi connectivity index (χ4n) is 1.42. The second kappa shape index (κ2) is 4.44. The smallest absolute Gasteiger partial charge is 0.310 e. The van der Waals surface area contributed by atoms with Crippen molar-refractivity contribution in [3.05, 3.63) is 0 Å². The highest BCUT2D eigenvalue weighted by molar-refractivity contribution is 5.81. The molecule has 0 spiro atoms. The first kappa shape index (κ1) is 11.0. The highest BCUT2D eigenvalue weighted by Gasteiger charge is 2.32. The number of carbonyl (C=O) groups excluding carboxylic acids is 2. The third kappa shape index (κ3) is 2.72. The number of esters is 1.